The highest BCUT2D eigenvalue weighted by molar-refractivity contribution is 6.33. The van der Waals surface area contributed by atoms with Crippen molar-refractivity contribution in [3.8, 4) is 11.4 Å². The number of aromatic nitrogens is 4. The number of rotatable bonds is 8. The van der Waals surface area contributed by atoms with Crippen molar-refractivity contribution in [1.29, 1.82) is 0 Å². The number of para-hydroxylation sites is 8. The van der Waals surface area contributed by atoms with Gasteiger partial charge in [0.05, 0.1) is 80.2 Å². The van der Waals surface area contributed by atoms with Gasteiger partial charge in [0.2, 0.25) is 0 Å². The maximum Gasteiger partial charge on any atom is 0.0645 e. The van der Waals surface area contributed by atoms with Crippen LogP contribution in [0.5, 0.6) is 0 Å². The van der Waals surface area contributed by atoms with Gasteiger partial charge in [-0.05, 0) is 143 Å². The summed E-state index contributed by atoms with van der Waals surface area (Å²) in [7, 11) is 0. The van der Waals surface area contributed by atoms with E-state index in [1.807, 2.05) is 82.6 Å². The molecule has 0 aliphatic heterocycles. The van der Waals surface area contributed by atoms with Gasteiger partial charge in [0.15, 0.2) is 0 Å². The maximum absolute atomic E-state index is 9.79. The number of nitrogens with zero attached hydrogens (tertiary/aromatic N) is 6. The Hall–Kier alpha value is -11.3. The molecule has 0 amide bonds. The molecule has 0 fully saturated rings. The van der Waals surface area contributed by atoms with Gasteiger partial charge in [0.1, 0.15) is 0 Å². The molecule has 0 saturated heterocycles. The Morgan fingerprint density at radius 1 is 0.283 bits per heavy atom. The molecule has 0 saturated carbocycles. The summed E-state index contributed by atoms with van der Waals surface area (Å²) in [5, 5.41) is 11.3. The lowest BCUT2D eigenvalue weighted by Gasteiger charge is -2.27. The van der Waals surface area contributed by atoms with Crippen molar-refractivity contribution in [2.75, 3.05) is 9.80 Å². The molecule has 0 aliphatic carbocycles. The van der Waals surface area contributed by atoms with E-state index in [0.717, 1.165) is 142 Å². The maximum atomic E-state index is 9.79. The minimum Gasteiger partial charge on any atom is -0.310 e. The van der Waals surface area contributed by atoms with Gasteiger partial charge >= 0.3 is 0 Å². The first-order chi connectivity index (χ1) is 49.1. The fraction of sp³-hybridized carbons (Fsp3) is 0.0930. The summed E-state index contributed by atoms with van der Waals surface area (Å²) in [6.45, 7) is 13.4. The van der Waals surface area contributed by atoms with E-state index in [1.165, 1.54) is 0 Å². The van der Waals surface area contributed by atoms with Gasteiger partial charge in [-0.1, -0.05) is 199 Å². The van der Waals surface area contributed by atoms with E-state index in [0.29, 0.717) is 22.7 Å². The molecule has 6 heteroatoms. The van der Waals surface area contributed by atoms with Crippen LogP contribution in [0.15, 0.2) is 279 Å². The molecule has 0 N–H and O–H groups in total. The Morgan fingerprint density at radius 3 is 1.07 bits per heavy atom. The number of benzene rings is 13. The van der Waals surface area contributed by atoms with E-state index in [2.05, 4.69) is 205 Å². The lowest BCUT2D eigenvalue weighted by atomic mass is 9.85. The highest BCUT2D eigenvalue weighted by Crippen LogP contribution is 2.54. The minimum atomic E-state index is -0.476. The van der Waals surface area contributed by atoms with Gasteiger partial charge in [-0.3, -0.25) is 0 Å². The van der Waals surface area contributed by atoms with E-state index in [9.17, 15) is 11.0 Å². The first-order valence-corrected chi connectivity index (χ1v) is 31.4. The molecule has 0 bridgehead atoms. The zero-order valence-corrected chi connectivity index (χ0v) is 51.5. The van der Waals surface area contributed by atoms with Crippen LogP contribution in [-0.4, -0.2) is 17.9 Å². The van der Waals surface area contributed by atoms with Crippen molar-refractivity contribution in [3.05, 3.63) is 290 Å². The summed E-state index contributed by atoms with van der Waals surface area (Å²) in [6, 6.07) is 71.4. The number of anilines is 6. The van der Waals surface area contributed by atoms with Gasteiger partial charge in [0.25, 0.3) is 0 Å². The van der Waals surface area contributed by atoms with E-state index < -0.39 is 36.3 Å². The summed E-state index contributed by atoms with van der Waals surface area (Å²) >= 11 is 0. The summed E-state index contributed by atoms with van der Waals surface area (Å²) in [6.07, 6.45) is 0. The van der Waals surface area contributed by atoms with Crippen LogP contribution in [0.4, 0.5) is 34.1 Å². The van der Waals surface area contributed by atoms with Crippen molar-refractivity contribution in [1.82, 2.24) is 17.9 Å². The third-order valence-corrected chi connectivity index (χ3v) is 19.4. The van der Waals surface area contributed by atoms with E-state index in [4.69, 9.17) is 2.74 Å². The first-order valence-electron chi connectivity index (χ1n) is 36.4. The number of fused-ring (bicyclic) bond motifs is 18. The Labute approximate surface area is 546 Å². The molecular weight excluding hydrogens is 1120 g/mol. The lowest BCUT2D eigenvalue weighted by molar-refractivity contribution is 0.594. The fourth-order valence-corrected chi connectivity index (χ4v) is 15.6. The Balaban J connectivity index is 0.921. The minimum absolute atomic E-state index is 0.0280. The number of hydrogen-bond donors (Lipinski definition) is 0. The molecule has 6 aromatic heterocycles. The smallest absolute Gasteiger partial charge is 0.0645 e. The van der Waals surface area contributed by atoms with Crippen molar-refractivity contribution < 1.29 is 13.7 Å². The van der Waals surface area contributed by atoms with Crippen LogP contribution in [0.3, 0.4) is 0 Å². The van der Waals surface area contributed by atoms with Crippen LogP contribution in [0.1, 0.15) is 66.4 Å². The standard InChI is InChI=1S/C86H64N6/c1-85(2,3)69-37-23-35-63-79-75(87(53-25-11-7-12-26-53)57-41-45-73-65(49-57)59-33-19-21-39-71(59)89(73)55-29-15-9-16-30-55)47-43-61-67-52-78-68(51-77(67)91(81(63)69)83(61)79)62-44-48-76(80-64-36-24-38-70(86(4,5)6)82(64)92(78)84(62)80)88(54-27-13-8-14-28-54)58-42-46-74-66(50-58)60-34-20-22-40-72(60)90(74)56-31-17-10-18-32-56/h7-52H,1-6H3/i7D,8D,11D,12D,13D,14D,25D,26D,27D,28D. The average molecular weight is 1190 g/mol. The Morgan fingerprint density at radius 2 is 0.652 bits per heavy atom. The molecule has 6 nitrogen and oxygen atoms in total. The van der Waals surface area contributed by atoms with Crippen molar-refractivity contribution in [2.24, 2.45) is 0 Å². The quantitative estimate of drug-likeness (QED) is 0.151. The molecule has 0 unspecified atom stereocenters. The predicted octanol–water partition coefficient (Wildman–Crippen LogP) is 23.7. The second kappa shape index (κ2) is 19.1. The third-order valence-electron chi connectivity index (χ3n) is 19.4. The van der Waals surface area contributed by atoms with Crippen molar-refractivity contribution in [3.63, 3.8) is 0 Å². The van der Waals surface area contributed by atoms with E-state index in [1.54, 1.807) is 0 Å². The van der Waals surface area contributed by atoms with Crippen LogP contribution < -0.4 is 9.80 Å². The molecule has 0 aliphatic rings. The van der Waals surface area contributed by atoms with E-state index in [-0.39, 0.29) is 46.4 Å². The average Bonchev–Trinajstić information content (AvgIpc) is 1.52. The molecule has 13 aromatic carbocycles. The molecule has 19 aromatic rings. The van der Waals surface area contributed by atoms with Gasteiger partial charge in [-0.25, -0.2) is 0 Å². The topological polar surface area (TPSA) is 25.2 Å². The number of hydrogen-bond acceptors (Lipinski definition) is 2. The van der Waals surface area contributed by atoms with E-state index >= 15 is 0 Å². The molecule has 19 rings (SSSR count). The van der Waals surface area contributed by atoms with Crippen molar-refractivity contribution in [2.45, 2.75) is 52.4 Å². The lowest BCUT2D eigenvalue weighted by Crippen LogP contribution is -2.12. The molecule has 0 radical (unpaired) electrons. The summed E-state index contributed by atoms with van der Waals surface area (Å²) in [4.78, 5) is 3.78. The van der Waals surface area contributed by atoms with Crippen molar-refractivity contribution >= 4 is 154 Å². The summed E-state index contributed by atoms with van der Waals surface area (Å²) in [5.41, 5.74) is 15.6. The zero-order chi connectivity index (χ0) is 70.2. The monoisotopic (exact) mass is 1190 g/mol. The van der Waals surface area contributed by atoms with Gasteiger partial charge in [-0.2, -0.15) is 0 Å². The van der Waals surface area contributed by atoms with Gasteiger partial charge in [0, 0.05) is 98.8 Å². The molecule has 6 heterocycles. The van der Waals surface area contributed by atoms with Crippen LogP contribution in [0.25, 0.3) is 131 Å². The molecule has 438 valence electrons. The summed E-state index contributed by atoms with van der Waals surface area (Å²) in [5.74, 6) is 0. The zero-order valence-electron chi connectivity index (χ0n) is 61.5. The van der Waals surface area contributed by atoms with Crippen LogP contribution >= 0.6 is 0 Å². The molecule has 0 spiro atoms. The fourth-order valence-electron chi connectivity index (χ4n) is 15.6. The van der Waals surface area contributed by atoms with Gasteiger partial charge in [-0.15, -0.1) is 0 Å². The largest absolute Gasteiger partial charge is 0.310 e. The second-order valence-corrected chi connectivity index (χ2v) is 26.6. The third kappa shape index (κ3) is 7.32. The highest BCUT2D eigenvalue weighted by Gasteiger charge is 2.32. The summed E-state index contributed by atoms with van der Waals surface area (Å²) < 4.78 is 103. The van der Waals surface area contributed by atoms with Crippen LogP contribution in [0, 0.1) is 0 Å². The Kier molecular flexibility index (Phi) is 9.00. The van der Waals surface area contributed by atoms with Crippen LogP contribution in [-0.2, 0) is 10.8 Å². The predicted molar refractivity (Wildman–Crippen MR) is 391 cm³/mol. The highest BCUT2D eigenvalue weighted by atomic mass is 15.2. The Bertz CT molecular complexity index is 6380. The van der Waals surface area contributed by atoms with Crippen LogP contribution in [0.2, 0.25) is 0 Å². The normalized spacial score (nSPS) is 14.2. The molecular formula is C86H64N6. The molecule has 0 atom stereocenters. The SMILES string of the molecule is [2H]c1c([2H])c([2H])c(N(c2ccc3c(c2)c2ccccc2n3-c2ccccc2)c2ccc3c4cc5c(cc4n4c6c(C(C)(C)C)cccc6c2c34)c2ccc(N(c3ccc4c(c3)c3ccccc3n4-c3ccccc3)c3c([2H])c([2H])c([2H])c([2H])c3[2H])c3c4cccc(C(C)(C)C)c4n5c23)c([2H])c1[2H]. The first kappa shape index (κ1) is 43.4. The van der Waals surface area contributed by atoms with Gasteiger partial charge < -0.3 is 27.7 Å². The molecule has 92 heavy (non-hydrogen) atoms. The second-order valence-electron chi connectivity index (χ2n) is 26.6.